The molecule has 2 amide bonds. The lowest BCUT2D eigenvalue weighted by Crippen LogP contribution is -2.39. The molecule has 0 saturated heterocycles. The summed E-state index contributed by atoms with van der Waals surface area (Å²) in [6.07, 6.45) is 7.90. The third-order valence-corrected chi connectivity index (χ3v) is 2.35. The predicted molar refractivity (Wildman–Crippen MR) is 64.4 cm³/mol. The lowest BCUT2D eigenvalue weighted by Gasteiger charge is -2.07. The van der Waals surface area contributed by atoms with Crippen LogP contribution in [0.15, 0.2) is 24.3 Å². The molecule has 1 aliphatic rings. The number of carbonyl (C=O) groups excluding carboxylic acids is 3. The van der Waals surface area contributed by atoms with E-state index in [1.165, 1.54) is 7.11 Å². The molecule has 98 valence electrons. The Morgan fingerprint density at radius 3 is 2.28 bits per heavy atom. The first-order chi connectivity index (χ1) is 8.61. The van der Waals surface area contributed by atoms with Gasteiger partial charge < -0.3 is 15.4 Å². The fourth-order valence-corrected chi connectivity index (χ4v) is 1.38. The maximum absolute atomic E-state index is 11.4. The lowest BCUT2D eigenvalue weighted by molar-refractivity contribution is -0.141. The summed E-state index contributed by atoms with van der Waals surface area (Å²) < 4.78 is 4.36. The molecule has 0 fully saturated rings. The summed E-state index contributed by atoms with van der Waals surface area (Å²) in [5, 5.41) is 4.81. The van der Waals surface area contributed by atoms with E-state index in [4.69, 9.17) is 0 Å². The molecular formula is C12H16N2O4. The maximum atomic E-state index is 11.4. The van der Waals surface area contributed by atoms with E-state index < -0.39 is 11.9 Å². The van der Waals surface area contributed by atoms with Gasteiger partial charge in [0.05, 0.1) is 13.7 Å². The van der Waals surface area contributed by atoms with E-state index in [1.54, 1.807) is 0 Å². The Morgan fingerprint density at radius 1 is 1.06 bits per heavy atom. The first-order valence-corrected chi connectivity index (χ1v) is 5.57. The van der Waals surface area contributed by atoms with Crippen molar-refractivity contribution in [2.75, 3.05) is 20.2 Å². The Labute approximate surface area is 105 Å². The van der Waals surface area contributed by atoms with Crippen LogP contribution < -0.4 is 10.6 Å². The van der Waals surface area contributed by atoms with Gasteiger partial charge in [0, 0.05) is 12.3 Å². The fraction of sp³-hybridized carbons (Fsp3) is 0.417. The molecule has 0 spiro atoms. The summed E-state index contributed by atoms with van der Waals surface area (Å²) in [7, 11) is 1.24. The number of hydrogen-bond donors (Lipinski definition) is 2. The number of carbonyl (C=O) groups is 3. The van der Waals surface area contributed by atoms with Crippen molar-refractivity contribution in [3.63, 3.8) is 0 Å². The van der Waals surface area contributed by atoms with Crippen LogP contribution in [0.1, 0.15) is 6.42 Å². The zero-order chi connectivity index (χ0) is 13.4. The second kappa shape index (κ2) is 7.26. The first-order valence-electron chi connectivity index (χ1n) is 5.57. The summed E-state index contributed by atoms with van der Waals surface area (Å²) in [6, 6.07) is 0. The average molecular weight is 252 g/mol. The van der Waals surface area contributed by atoms with Crippen molar-refractivity contribution in [1.82, 2.24) is 10.6 Å². The van der Waals surface area contributed by atoms with Crippen molar-refractivity contribution in [1.29, 1.82) is 0 Å². The molecular weight excluding hydrogens is 236 g/mol. The van der Waals surface area contributed by atoms with Crippen LogP contribution in [-0.2, 0) is 19.1 Å². The molecule has 0 radical (unpaired) electrons. The molecule has 0 unspecified atom stereocenters. The smallest absolute Gasteiger partial charge is 0.325 e. The maximum Gasteiger partial charge on any atom is 0.325 e. The topological polar surface area (TPSA) is 84.5 Å². The Morgan fingerprint density at radius 2 is 1.67 bits per heavy atom. The fourth-order valence-electron chi connectivity index (χ4n) is 1.38. The van der Waals surface area contributed by atoms with Crippen LogP contribution in [0.4, 0.5) is 0 Å². The van der Waals surface area contributed by atoms with Gasteiger partial charge in [-0.25, -0.2) is 0 Å². The monoisotopic (exact) mass is 252 g/mol. The van der Waals surface area contributed by atoms with E-state index >= 15 is 0 Å². The average Bonchev–Trinajstić information content (AvgIpc) is 2.86. The molecule has 0 aliphatic heterocycles. The second-order valence-corrected chi connectivity index (χ2v) is 3.77. The van der Waals surface area contributed by atoms with Gasteiger partial charge in [-0.15, -0.1) is 0 Å². The van der Waals surface area contributed by atoms with E-state index in [-0.39, 0.29) is 24.9 Å². The van der Waals surface area contributed by atoms with Gasteiger partial charge in [0.2, 0.25) is 11.8 Å². The minimum atomic E-state index is -0.532. The van der Waals surface area contributed by atoms with E-state index in [2.05, 4.69) is 15.4 Å². The summed E-state index contributed by atoms with van der Waals surface area (Å²) in [5.74, 6) is -1.06. The van der Waals surface area contributed by atoms with Gasteiger partial charge >= 0.3 is 5.97 Å². The minimum Gasteiger partial charge on any atom is -0.468 e. The van der Waals surface area contributed by atoms with Crippen LogP contribution in [-0.4, -0.2) is 38.0 Å². The number of methoxy groups -OCH3 is 1. The Kier molecular flexibility index (Phi) is 5.63. The number of amides is 2. The molecule has 0 saturated carbocycles. The van der Waals surface area contributed by atoms with Gasteiger partial charge in [0.1, 0.15) is 6.54 Å². The predicted octanol–water partition coefficient (Wildman–Crippen LogP) is -0.476. The van der Waals surface area contributed by atoms with Gasteiger partial charge in [-0.05, 0) is 0 Å². The van der Waals surface area contributed by atoms with Gasteiger partial charge in [-0.3, -0.25) is 14.4 Å². The third kappa shape index (κ3) is 5.29. The zero-order valence-corrected chi connectivity index (χ0v) is 10.1. The molecule has 0 aromatic rings. The Hall–Kier alpha value is -2.11. The largest absolute Gasteiger partial charge is 0.468 e. The third-order valence-electron chi connectivity index (χ3n) is 2.35. The van der Waals surface area contributed by atoms with Crippen LogP contribution in [0.25, 0.3) is 0 Å². The highest BCUT2D eigenvalue weighted by atomic mass is 16.5. The molecule has 1 aliphatic carbocycles. The van der Waals surface area contributed by atoms with E-state index in [9.17, 15) is 14.4 Å². The number of nitrogens with one attached hydrogen (secondary N) is 2. The van der Waals surface area contributed by atoms with E-state index in [0.717, 1.165) is 0 Å². The molecule has 0 aromatic carbocycles. The van der Waals surface area contributed by atoms with E-state index in [1.807, 2.05) is 24.3 Å². The highest BCUT2D eigenvalue weighted by Crippen LogP contribution is 2.12. The highest BCUT2D eigenvalue weighted by molar-refractivity contribution is 5.87. The Bertz CT molecular complexity index is 376. The first kappa shape index (κ1) is 14.0. The van der Waals surface area contributed by atoms with Crippen LogP contribution in [0.2, 0.25) is 0 Å². The van der Waals surface area contributed by atoms with Crippen molar-refractivity contribution >= 4 is 17.8 Å². The summed E-state index contributed by atoms with van der Waals surface area (Å²) in [6.45, 7) is -0.338. The normalized spacial score (nSPS) is 13.4. The number of hydrogen-bond acceptors (Lipinski definition) is 4. The Balaban J connectivity index is 2.13. The van der Waals surface area contributed by atoms with Crippen molar-refractivity contribution in [2.45, 2.75) is 6.42 Å². The minimum absolute atomic E-state index is 0.100. The standard InChI is InChI=1S/C12H16N2O4/c1-18-12(17)8-14-11(16)7-13-10(15)6-9-4-2-3-5-9/h2-5,9H,6-8H2,1H3,(H,13,15)(H,14,16). The molecule has 0 atom stereocenters. The van der Waals surface area contributed by atoms with Crippen LogP contribution >= 0.6 is 0 Å². The zero-order valence-electron chi connectivity index (χ0n) is 10.1. The number of allylic oxidation sites excluding steroid dienone is 4. The van der Waals surface area contributed by atoms with Gasteiger partial charge in [0.15, 0.2) is 0 Å². The molecule has 18 heavy (non-hydrogen) atoms. The van der Waals surface area contributed by atoms with Crippen LogP contribution in [0.5, 0.6) is 0 Å². The molecule has 0 bridgehead atoms. The van der Waals surface area contributed by atoms with Crippen molar-refractivity contribution in [2.24, 2.45) is 5.92 Å². The summed E-state index contributed by atoms with van der Waals surface area (Å²) >= 11 is 0. The van der Waals surface area contributed by atoms with Crippen molar-refractivity contribution < 1.29 is 19.1 Å². The van der Waals surface area contributed by atoms with Crippen LogP contribution in [0, 0.1) is 5.92 Å². The van der Waals surface area contributed by atoms with Gasteiger partial charge in [-0.1, -0.05) is 24.3 Å². The second-order valence-electron chi connectivity index (χ2n) is 3.77. The molecule has 1 rings (SSSR count). The summed E-state index contributed by atoms with van der Waals surface area (Å²) in [4.78, 5) is 33.4. The molecule has 0 aromatic heterocycles. The van der Waals surface area contributed by atoms with Crippen molar-refractivity contribution in [3.8, 4) is 0 Å². The van der Waals surface area contributed by atoms with Gasteiger partial charge in [-0.2, -0.15) is 0 Å². The highest BCUT2D eigenvalue weighted by Gasteiger charge is 2.11. The molecule has 6 heteroatoms. The number of rotatable bonds is 6. The lowest BCUT2D eigenvalue weighted by atomic mass is 10.1. The van der Waals surface area contributed by atoms with Gasteiger partial charge in [0.25, 0.3) is 0 Å². The quantitative estimate of drug-likeness (QED) is 0.626. The molecule has 0 heterocycles. The number of ether oxygens (including phenoxy) is 1. The molecule has 2 N–H and O–H groups in total. The number of esters is 1. The SMILES string of the molecule is COC(=O)CNC(=O)CNC(=O)CC1C=CC=C1. The molecule has 6 nitrogen and oxygen atoms in total. The van der Waals surface area contributed by atoms with E-state index in [0.29, 0.717) is 6.42 Å². The summed E-state index contributed by atoms with van der Waals surface area (Å²) in [5.41, 5.74) is 0. The van der Waals surface area contributed by atoms with Crippen LogP contribution in [0.3, 0.4) is 0 Å². The van der Waals surface area contributed by atoms with Crippen molar-refractivity contribution in [3.05, 3.63) is 24.3 Å².